The van der Waals surface area contributed by atoms with Gasteiger partial charge in [-0.15, -0.1) is 0 Å². The van der Waals surface area contributed by atoms with E-state index >= 15 is 0 Å². The zero-order chi connectivity index (χ0) is 49.2. The quantitative estimate of drug-likeness (QED) is 0.00997. The number of phosphoric ester groups is 2. The highest BCUT2D eigenvalue weighted by Crippen LogP contribution is 2.43. The minimum absolute atomic E-state index is 0.0100. The van der Waals surface area contributed by atoms with Gasteiger partial charge in [-0.3, -0.25) is 23.2 Å². The summed E-state index contributed by atoms with van der Waals surface area (Å²) in [7, 11) is -9.83. The maximum absolute atomic E-state index is 12.7. The number of allylic oxidation sites excluding steroid dienone is 17. The SMILES string of the molecule is CC/C=C\C/C=C\C/C=C\C/C=C\C/C=C\CCCCCC(=O)O[C@H](COC(=O)CCC[C@H](O)[C@@H](O)\C=C/C=C\C=C\C=C\[C@H](O)C/C=C\CC)COP(=O)(O)OC[C@@H](O)COP(=O)(O)O. The van der Waals surface area contributed by atoms with Crippen LogP contribution in [0.2, 0.25) is 0 Å². The standard InChI is InChI=1S/C48H76O16P2/c1-3-5-7-8-9-10-11-12-13-14-15-16-17-18-19-20-21-26-30-36-48(54)64-44(41-63-66(58,59)62-39-43(50)38-61-65(55,56)57)40-60-47(53)37-31-35-46(52)45(51)34-29-25-23-22-24-28-33-42(49)32-27-6-4-2/h5-7,9-10,12-13,15-16,18-19,22-25,27-29,33-34,42-46,49-52H,3-4,8,11,14,17,20-21,26,30-32,35-41H2,1-2H3,(H,58,59)(H2,55,56,57)/b7-5-,10-9-,13-12-,16-15-,19-18-,24-22+,25-23-,27-6-,33-28+,34-29-/t42-,43+,44-,45+,46+/m1/s1. The van der Waals surface area contributed by atoms with Gasteiger partial charge in [0.2, 0.25) is 0 Å². The minimum atomic E-state index is -4.91. The number of rotatable bonds is 40. The first kappa shape index (κ1) is 62.4. The average Bonchev–Trinajstić information content (AvgIpc) is 3.27. The molecule has 0 aromatic rings. The summed E-state index contributed by atoms with van der Waals surface area (Å²) < 4.78 is 47.5. The molecule has 6 atom stereocenters. The van der Waals surface area contributed by atoms with E-state index in [1.54, 1.807) is 42.5 Å². The number of hydrogen-bond donors (Lipinski definition) is 7. The van der Waals surface area contributed by atoms with Crippen molar-refractivity contribution >= 4 is 27.6 Å². The molecule has 0 radical (unpaired) electrons. The van der Waals surface area contributed by atoms with Crippen LogP contribution in [0.3, 0.4) is 0 Å². The van der Waals surface area contributed by atoms with Crippen LogP contribution in [0, 0.1) is 0 Å². The summed E-state index contributed by atoms with van der Waals surface area (Å²) in [5, 5.41) is 40.2. The van der Waals surface area contributed by atoms with Crippen LogP contribution in [0.15, 0.2) is 122 Å². The highest BCUT2D eigenvalue weighted by atomic mass is 31.2. The van der Waals surface area contributed by atoms with E-state index in [2.05, 4.69) is 76.7 Å². The Kier molecular flexibility index (Phi) is 39.3. The van der Waals surface area contributed by atoms with Crippen LogP contribution < -0.4 is 0 Å². The number of carbonyl (C=O) groups is 2. The Hall–Kier alpha value is -3.60. The third-order valence-electron chi connectivity index (χ3n) is 8.68. The molecule has 0 aliphatic carbocycles. The third kappa shape index (κ3) is 43.0. The molecule has 66 heavy (non-hydrogen) atoms. The van der Waals surface area contributed by atoms with Crippen LogP contribution in [0.5, 0.6) is 0 Å². The molecule has 1 unspecified atom stereocenters. The lowest BCUT2D eigenvalue weighted by molar-refractivity contribution is -0.161. The summed E-state index contributed by atoms with van der Waals surface area (Å²) in [6.45, 7) is 1.00. The maximum atomic E-state index is 12.7. The van der Waals surface area contributed by atoms with Gasteiger partial charge in [0, 0.05) is 12.8 Å². The lowest BCUT2D eigenvalue weighted by Crippen LogP contribution is -2.30. The Morgan fingerprint density at radius 1 is 0.545 bits per heavy atom. The largest absolute Gasteiger partial charge is 0.472 e. The summed E-state index contributed by atoms with van der Waals surface area (Å²) in [5.74, 6) is -1.42. The van der Waals surface area contributed by atoms with Crippen molar-refractivity contribution < 1.29 is 76.9 Å². The van der Waals surface area contributed by atoms with Gasteiger partial charge in [0.1, 0.15) is 12.7 Å². The van der Waals surface area contributed by atoms with Crippen molar-refractivity contribution in [2.75, 3.05) is 26.4 Å². The van der Waals surface area contributed by atoms with Gasteiger partial charge in [0.25, 0.3) is 0 Å². The third-order valence-corrected chi connectivity index (χ3v) is 10.1. The monoisotopic (exact) mass is 970 g/mol. The molecule has 0 heterocycles. The maximum Gasteiger partial charge on any atom is 0.472 e. The first-order chi connectivity index (χ1) is 31.6. The summed E-state index contributed by atoms with van der Waals surface area (Å²) >= 11 is 0. The molecule has 18 heteroatoms. The van der Waals surface area contributed by atoms with Gasteiger partial charge in [0.05, 0.1) is 38.1 Å². The van der Waals surface area contributed by atoms with Crippen molar-refractivity contribution in [3.05, 3.63) is 122 Å². The summed E-state index contributed by atoms with van der Waals surface area (Å²) in [6, 6.07) is 0. The number of ether oxygens (including phenoxy) is 2. The van der Waals surface area contributed by atoms with Gasteiger partial charge in [-0.2, -0.15) is 0 Å². The van der Waals surface area contributed by atoms with E-state index in [1.165, 1.54) is 6.08 Å². The topological polar surface area (TPSA) is 256 Å². The molecule has 0 aromatic heterocycles. The molecular weight excluding hydrogens is 894 g/mol. The molecule has 0 bridgehead atoms. The van der Waals surface area contributed by atoms with Crippen LogP contribution in [0.1, 0.15) is 110 Å². The number of carbonyl (C=O) groups excluding carboxylic acids is 2. The second-order valence-corrected chi connectivity index (χ2v) is 17.5. The van der Waals surface area contributed by atoms with Crippen LogP contribution >= 0.6 is 15.6 Å². The fourth-order valence-corrected chi connectivity index (χ4v) is 6.34. The van der Waals surface area contributed by atoms with Crippen LogP contribution in [-0.2, 0) is 41.8 Å². The van der Waals surface area contributed by atoms with Gasteiger partial charge >= 0.3 is 27.6 Å². The summed E-state index contributed by atoms with van der Waals surface area (Å²) in [5.41, 5.74) is 0. The van der Waals surface area contributed by atoms with Crippen molar-refractivity contribution in [1.82, 2.24) is 0 Å². The normalized spacial score (nSPS) is 16.4. The van der Waals surface area contributed by atoms with Crippen molar-refractivity contribution in [3.8, 4) is 0 Å². The molecule has 0 saturated carbocycles. The van der Waals surface area contributed by atoms with Gasteiger partial charge in [-0.25, -0.2) is 9.13 Å². The van der Waals surface area contributed by atoms with Crippen LogP contribution in [0.4, 0.5) is 0 Å². The lowest BCUT2D eigenvalue weighted by atomic mass is 10.1. The minimum Gasteiger partial charge on any atom is -0.462 e. The molecule has 0 rings (SSSR count). The van der Waals surface area contributed by atoms with Crippen molar-refractivity contribution in [3.63, 3.8) is 0 Å². The highest BCUT2D eigenvalue weighted by Gasteiger charge is 2.28. The van der Waals surface area contributed by atoms with Gasteiger partial charge in [0.15, 0.2) is 6.10 Å². The van der Waals surface area contributed by atoms with Gasteiger partial charge in [-0.05, 0) is 77.0 Å². The Morgan fingerprint density at radius 3 is 1.67 bits per heavy atom. The molecule has 0 saturated heterocycles. The Morgan fingerprint density at radius 2 is 1.06 bits per heavy atom. The molecule has 0 amide bonds. The first-order valence-corrected chi connectivity index (χ1v) is 25.6. The zero-order valence-corrected chi connectivity index (χ0v) is 40.4. The Labute approximate surface area is 392 Å². The molecule has 0 spiro atoms. The number of hydrogen-bond acceptors (Lipinski definition) is 13. The number of phosphoric acid groups is 2. The van der Waals surface area contributed by atoms with Crippen molar-refractivity contribution in [1.29, 1.82) is 0 Å². The van der Waals surface area contributed by atoms with E-state index in [9.17, 15) is 44.0 Å². The van der Waals surface area contributed by atoms with Gasteiger partial charge < -0.3 is 44.6 Å². The van der Waals surface area contributed by atoms with Gasteiger partial charge in [-0.1, -0.05) is 142 Å². The second-order valence-electron chi connectivity index (χ2n) is 14.8. The number of esters is 2. The van der Waals surface area contributed by atoms with Crippen molar-refractivity contribution in [2.45, 2.75) is 141 Å². The zero-order valence-electron chi connectivity index (χ0n) is 38.6. The van der Waals surface area contributed by atoms with E-state index in [0.29, 0.717) is 12.8 Å². The van der Waals surface area contributed by atoms with E-state index in [4.69, 9.17) is 23.8 Å². The molecule has 0 aliphatic rings. The Balaban J connectivity index is 4.89. The molecule has 374 valence electrons. The molecular formula is C48H76O16P2. The molecule has 0 aliphatic heterocycles. The second kappa shape index (κ2) is 41.6. The Bertz CT molecular complexity index is 1670. The van der Waals surface area contributed by atoms with E-state index in [-0.39, 0.29) is 25.7 Å². The number of aliphatic hydroxyl groups is 4. The predicted molar refractivity (Wildman–Crippen MR) is 257 cm³/mol. The number of aliphatic hydroxyl groups excluding tert-OH is 4. The first-order valence-electron chi connectivity index (χ1n) is 22.6. The summed E-state index contributed by atoms with van der Waals surface area (Å²) in [4.78, 5) is 52.8. The predicted octanol–water partition coefficient (Wildman–Crippen LogP) is 8.58. The van der Waals surface area contributed by atoms with E-state index in [0.717, 1.165) is 57.8 Å². The molecule has 0 aromatic carbocycles. The smallest absolute Gasteiger partial charge is 0.462 e. The average molecular weight is 971 g/mol. The fourth-order valence-electron chi connectivity index (χ4n) is 5.18. The van der Waals surface area contributed by atoms with Crippen LogP contribution in [0.25, 0.3) is 0 Å². The molecule has 7 N–H and O–H groups in total. The van der Waals surface area contributed by atoms with Crippen LogP contribution in [-0.4, -0.2) is 104 Å². The van der Waals surface area contributed by atoms with E-state index in [1.807, 2.05) is 19.1 Å². The summed E-state index contributed by atoms with van der Waals surface area (Å²) in [6.07, 6.45) is 41.3. The highest BCUT2D eigenvalue weighted by molar-refractivity contribution is 7.47. The molecule has 16 nitrogen and oxygen atoms in total. The molecule has 0 fully saturated rings. The number of unbranched alkanes of at least 4 members (excludes halogenated alkanes) is 3. The fraction of sp³-hybridized carbons (Fsp3) is 0.542. The van der Waals surface area contributed by atoms with E-state index < -0.39 is 84.5 Å². The lowest BCUT2D eigenvalue weighted by Gasteiger charge is -2.20. The van der Waals surface area contributed by atoms with Crippen molar-refractivity contribution in [2.24, 2.45) is 0 Å².